The molecule has 104 valence electrons. The minimum Gasteiger partial charge on any atom is -0.430 e. The zero-order valence-electron chi connectivity index (χ0n) is 10.9. The monoisotopic (exact) mass is 337 g/mol. The molecular weight excluding hydrogens is 326 g/mol. The quantitative estimate of drug-likeness (QED) is 0.680. The summed E-state index contributed by atoms with van der Waals surface area (Å²) in [5, 5.41) is 11.1. The van der Waals surface area contributed by atoms with Gasteiger partial charge in [0.15, 0.2) is 0 Å². The van der Waals surface area contributed by atoms with Gasteiger partial charge in [0.05, 0.1) is 21.3 Å². The Hall–Kier alpha value is -2.15. The number of nitrogens with zero attached hydrogens (tertiary/aromatic N) is 2. The summed E-state index contributed by atoms with van der Waals surface area (Å²) in [4.78, 5) is 14.7. The Labute approximate surface area is 123 Å². The molecule has 1 heterocycles. The third-order valence-corrected chi connectivity index (χ3v) is 3.19. The zero-order chi connectivity index (χ0) is 14.9. The summed E-state index contributed by atoms with van der Waals surface area (Å²) in [5.41, 5.74) is 7.44. The van der Waals surface area contributed by atoms with Crippen LogP contribution in [-0.4, -0.2) is 9.91 Å². The molecule has 2 aromatic rings. The molecule has 1 aromatic carbocycles. The first-order chi connectivity index (χ1) is 9.38. The van der Waals surface area contributed by atoms with Crippen molar-refractivity contribution < 1.29 is 9.66 Å². The Morgan fingerprint density at radius 3 is 2.65 bits per heavy atom. The van der Waals surface area contributed by atoms with Crippen molar-refractivity contribution in [2.24, 2.45) is 0 Å². The van der Waals surface area contributed by atoms with E-state index in [0.29, 0.717) is 15.7 Å². The molecule has 6 nitrogen and oxygen atoms in total. The Kier molecular flexibility index (Phi) is 3.89. The molecular formula is C13H12BrN3O3. The lowest BCUT2D eigenvalue weighted by molar-refractivity contribution is -0.385. The molecule has 0 aliphatic carbocycles. The van der Waals surface area contributed by atoms with Gasteiger partial charge in [-0.1, -0.05) is 6.07 Å². The van der Waals surface area contributed by atoms with E-state index in [9.17, 15) is 10.1 Å². The van der Waals surface area contributed by atoms with Gasteiger partial charge in [-0.05, 0) is 47.0 Å². The number of nitrogens with two attached hydrogens (primary N) is 1. The van der Waals surface area contributed by atoms with Crippen LogP contribution in [0.3, 0.4) is 0 Å². The highest BCUT2D eigenvalue weighted by molar-refractivity contribution is 9.10. The molecule has 0 aliphatic heterocycles. The van der Waals surface area contributed by atoms with E-state index >= 15 is 0 Å². The second-order valence-electron chi connectivity index (χ2n) is 4.34. The summed E-state index contributed by atoms with van der Waals surface area (Å²) < 4.78 is 6.12. The van der Waals surface area contributed by atoms with Crippen molar-refractivity contribution in [3.05, 3.63) is 50.1 Å². The van der Waals surface area contributed by atoms with E-state index in [4.69, 9.17) is 10.5 Å². The van der Waals surface area contributed by atoms with Crippen LogP contribution in [0.25, 0.3) is 0 Å². The fraction of sp³-hybridized carbons (Fsp3) is 0.154. The van der Waals surface area contributed by atoms with Crippen molar-refractivity contribution in [1.29, 1.82) is 0 Å². The largest absolute Gasteiger partial charge is 0.430 e. The molecule has 0 bridgehead atoms. The number of pyridine rings is 1. The number of nitro groups is 1. The highest BCUT2D eigenvalue weighted by Gasteiger charge is 2.20. The van der Waals surface area contributed by atoms with E-state index in [2.05, 4.69) is 20.9 Å². The average molecular weight is 338 g/mol. The van der Waals surface area contributed by atoms with Crippen LogP contribution >= 0.6 is 15.9 Å². The molecule has 0 amide bonds. The Morgan fingerprint density at radius 1 is 1.35 bits per heavy atom. The molecule has 2 rings (SSSR count). The van der Waals surface area contributed by atoms with Gasteiger partial charge in [-0.3, -0.25) is 10.1 Å². The molecule has 20 heavy (non-hydrogen) atoms. The van der Waals surface area contributed by atoms with Gasteiger partial charge in [-0.15, -0.1) is 0 Å². The van der Waals surface area contributed by atoms with E-state index in [0.717, 1.165) is 5.56 Å². The lowest BCUT2D eigenvalue weighted by Gasteiger charge is -2.10. The summed E-state index contributed by atoms with van der Waals surface area (Å²) in [6, 6.07) is 4.90. The standard InChI is InChI=1S/C13H12BrN3O3/c1-7-3-8(2)12(11(4-7)17(18)19)20-13-10(14)5-9(15)6-16-13/h3-6H,15H2,1-2H3. The van der Waals surface area contributed by atoms with Crippen LogP contribution in [0.5, 0.6) is 11.6 Å². The van der Waals surface area contributed by atoms with Crippen LogP contribution in [0, 0.1) is 24.0 Å². The normalized spacial score (nSPS) is 10.3. The number of ether oxygens (including phenoxy) is 1. The topological polar surface area (TPSA) is 91.3 Å². The summed E-state index contributed by atoms with van der Waals surface area (Å²) in [5.74, 6) is 0.410. The Bertz CT molecular complexity index is 689. The number of hydrogen-bond acceptors (Lipinski definition) is 5. The van der Waals surface area contributed by atoms with Gasteiger partial charge in [-0.2, -0.15) is 0 Å². The second-order valence-corrected chi connectivity index (χ2v) is 5.20. The van der Waals surface area contributed by atoms with Crippen LogP contribution in [0.15, 0.2) is 28.9 Å². The molecule has 0 aliphatic rings. The SMILES string of the molecule is Cc1cc(C)c(Oc2ncc(N)cc2Br)c([N+](=O)[O-])c1. The van der Waals surface area contributed by atoms with Crippen molar-refractivity contribution in [1.82, 2.24) is 4.98 Å². The molecule has 0 spiro atoms. The fourth-order valence-corrected chi connectivity index (χ4v) is 2.26. The molecule has 2 N–H and O–H groups in total. The van der Waals surface area contributed by atoms with Gasteiger partial charge in [0.2, 0.25) is 11.6 Å². The summed E-state index contributed by atoms with van der Waals surface area (Å²) >= 11 is 3.27. The predicted octanol–water partition coefficient (Wildman–Crippen LogP) is 3.74. The number of nitrogen functional groups attached to an aromatic ring is 1. The number of benzene rings is 1. The molecule has 0 atom stereocenters. The van der Waals surface area contributed by atoms with Crippen LogP contribution < -0.4 is 10.5 Å². The lowest BCUT2D eigenvalue weighted by Crippen LogP contribution is -1.99. The number of aryl methyl sites for hydroxylation is 2. The number of rotatable bonds is 3. The van der Waals surface area contributed by atoms with Gasteiger partial charge in [0.25, 0.3) is 0 Å². The second kappa shape index (κ2) is 5.46. The molecule has 7 heteroatoms. The number of aromatic nitrogens is 1. The van der Waals surface area contributed by atoms with Crippen molar-refractivity contribution in [2.45, 2.75) is 13.8 Å². The Balaban J connectivity index is 2.50. The van der Waals surface area contributed by atoms with E-state index in [1.807, 2.05) is 6.07 Å². The average Bonchev–Trinajstić information content (AvgIpc) is 2.34. The highest BCUT2D eigenvalue weighted by Crippen LogP contribution is 2.37. The molecule has 0 saturated carbocycles. The Morgan fingerprint density at radius 2 is 2.05 bits per heavy atom. The minimum absolute atomic E-state index is 0.0898. The number of halogens is 1. The first kappa shape index (κ1) is 14.3. The third kappa shape index (κ3) is 2.88. The first-order valence-corrected chi connectivity index (χ1v) is 6.52. The van der Waals surface area contributed by atoms with Gasteiger partial charge in [0.1, 0.15) is 0 Å². The van der Waals surface area contributed by atoms with Crippen molar-refractivity contribution in [3.8, 4) is 11.6 Å². The predicted molar refractivity (Wildman–Crippen MR) is 79.0 cm³/mol. The summed E-state index contributed by atoms with van der Waals surface area (Å²) in [6.07, 6.45) is 1.43. The maximum atomic E-state index is 11.1. The zero-order valence-corrected chi connectivity index (χ0v) is 12.5. The van der Waals surface area contributed by atoms with Crippen molar-refractivity contribution >= 4 is 27.3 Å². The molecule has 0 saturated heterocycles. The van der Waals surface area contributed by atoms with Crippen LogP contribution in [0.2, 0.25) is 0 Å². The van der Waals surface area contributed by atoms with Crippen LogP contribution in [0.4, 0.5) is 11.4 Å². The maximum absolute atomic E-state index is 11.1. The van der Waals surface area contributed by atoms with Crippen LogP contribution in [0.1, 0.15) is 11.1 Å². The van der Waals surface area contributed by atoms with Crippen LogP contribution in [-0.2, 0) is 0 Å². The maximum Gasteiger partial charge on any atom is 0.312 e. The van der Waals surface area contributed by atoms with E-state index in [-0.39, 0.29) is 17.3 Å². The van der Waals surface area contributed by atoms with Gasteiger partial charge < -0.3 is 10.5 Å². The fourth-order valence-electron chi connectivity index (χ4n) is 1.81. The molecule has 1 aromatic heterocycles. The lowest BCUT2D eigenvalue weighted by atomic mass is 10.1. The first-order valence-electron chi connectivity index (χ1n) is 5.73. The molecule has 0 fully saturated rings. The van der Waals surface area contributed by atoms with Gasteiger partial charge in [-0.25, -0.2) is 4.98 Å². The molecule has 0 radical (unpaired) electrons. The van der Waals surface area contributed by atoms with Gasteiger partial charge >= 0.3 is 5.69 Å². The smallest absolute Gasteiger partial charge is 0.312 e. The molecule has 0 unspecified atom stereocenters. The van der Waals surface area contributed by atoms with E-state index < -0.39 is 4.92 Å². The summed E-state index contributed by atoms with van der Waals surface area (Å²) in [7, 11) is 0. The minimum atomic E-state index is -0.472. The number of nitro benzene ring substituents is 1. The van der Waals surface area contributed by atoms with E-state index in [1.165, 1.54) is 12.3 Å². The number of hydrogen-bond donors (Lipinski definition) is 1. The third-order valence-electron chi connectivity index (χ3n) is 2.62. The van der Waals surface area contributed by atoms with Gasteiger partial charge in [0, 0.05) is 6.07 Å². The summed E-state index contributed by atoms with van der Waals surface area (Å²) in [6.45, 7) is 3.54. The highest BCUT2D eigenvalue weighted by atomic mass is 79.9. The van der Waals surface area contributed by atoms with Crippen molar-refractivity contribution in [2.75, 3.05) is 5.73 Å². The van der Waals surface area contributed by atoms with E-state index in [1.54, 1.807) is 19.9 Å². The number of anilines is 1. The van der Waals surface area contributed by atoms with Crippen molar-refractivity contribution in [3.63, 3.8) is 0 Å².